The number of rotatable bonds is 6. The number of nitrogens with zero attached hydrogens (tertiary/aromatic N) is 2. The van der Waals surface area contributed by atoms with Crippen LogP contribution < -0.4 is 9.47 Å². The Bertz CT molecular complexity index is 1000. The van der Waals surface area contributed by atoms with Crippen LogP contribution in [0, 0.1) is 0 Å². The van der Waals surface area contributed by atoms with Crippen LogP contribution in [0.25, 0.3) is 0 Å². The highest BCUT2D eigenvalue weighted by Crippen LogP contribution is 2.23. The van der Waals surface area contributed by atoms with E-state index in [0.717, 1.165) is 18.5 Å². The molecule has 1 amide bonds. The lowest BCUT2D eigenvalue weighted by atomic mass is 10.1. The summed E-state index contributed by atoms with van der Waals surface area (Å²) in [6, 6.07) is 19.4. The molecule has 1 aliphatic heterocycles. The molecule has 0 N–H and O–H groups in total. The number of hydrogen-bond donors (Lipinski definition) is 0. The van der Waals surface area contributed by atoms with Crippen LogP contribution in [-0.2, 0) is 11.3 Å². The number of benzene rings is 2. The summed E-state index contributed by atoms with van der Waals surface area (Å²) in [7, 11) is 0. The van der Waals surface area contributed by atoms with E-state index in [2.05, 4.69) is 4.98 Å². The molecule has 0 aliphatic carbocycles. The van der Waals surface area contributed by atoms with Gasteiger partial charge >= 0.3 is 5.97 Å². The van der Waals surface area contributed by atoms with Crippen molar-refractivity contribution in [1.82, 2.24) is 9.88 Å². The van der Waals surface area contributed by atoms with Crippen LogP contribution in [0.4, 0.5) is 0 Å². The Labute approximate surface area is 168 Å². The van der Waals surface area contributed by atoms with E-state index in [9.17, 15) is 9.59 Å². The van der Waals surface area contributed by atoms with E-state index >= 15 is 0 Å². The summed E-state index contributed by atoms with van der Waals surface area (Å²) in [5.41, 5.74) is 1.36. The molecule has 1 saturated heterocycles. The minimum atomic E-state index is -0.446. The van der Waals surface area contributed by atoms with E-state index in [1.165, 1.54) is 0 Å². The van der Waals surface area contributed by atoms with Gasteiger partial charge in [0.2, 0.25) is 11.8 Å². The number of ether oxygens (including phenoxy) is 2. The normalized spacial score (nSPS) is 13.4. The number of carbonyl (C=O) groups excluding carboxylic acids is 2. The van der Waals surface area contributed by atoms with Crippen LogP contribution in [0.15, 0.2) is 72.9 Å². The van der Waals surface area contributed by atoms with Gasteiger partial charge in [0.15, 0.2) is 0 Å². The molecule has 0 bridgehead atoms. The van der Waals surface area contributed by atoms with Crippen molar-refractivity contribution in [3.8, 4) is 17.4 Å². The quantitative estimate of drug-likeness (QED) is 0.467. The van der Waals surface area contributed by atoms with Crippen LogP contribution in [0.1, 0.15) is 28.8 Å². The summed E-state index contributed by atoms with van der Waals surface area (Å²) < 4.78 is 11.1. The molecule has 3 aromatic rings. The Kier molecular flexibility index (Phi) is 5.52. The second-order valence-corrected chi connectivity index (χ2v) is 6.75. The third-order valence-corrected chi connectivity index (χ3v) is 4.60. The van der Waals surface area contributed by atoms with Crippen molar-refractivity contribution in [2.24, 2.45) is 0 Å². The lowest BCUT2D eigenvalue weighted by Crippen LogP contribution is -2.24. The van der Waals surface area contributed by atoms with Crippen molar-refractivity contribution in [3.63, 3.8) is 0 Å². The number of likely N-dealkylation sites (tertiary alicyclic amines) is 1. The second-order valence-electron chi connectivity index (χ2n) is 6.75. The van der Waals surface area contributed by atoms with Crippen molar-refractivity contribution in [3.05, 3.63) is 84.1 Å². The smallest absolute Gasteiger partial charge is 0.343 e. The Balaban J connectivity index is 1.38. The minimum absolute atomic E-state index is 0.158. The van der Waals surface area contributed by atoms with Gasteiger partial charge in [-0.3, -0.25) is 4.79 Å². The lowest BCUT2D eigenvalue weighted by Gasteiger charge is -2.15. The summed E-state index contributed by atoms with van der Waals surface area (Å²) >= 11 is 0. The van der Waals surface area contributed by atoms with Crippen LogP contribution in [0.2, 0.25) is 0 Å². The molecule has 0 unspecified atom stereocenters. The van der Waals surface area contributed by atoms with Crippen LogP contribution in [0.5, 0.6) is 17.4 Å². The van der Waals surface area contributed by atoms with Gasteiger partial charge in [-0.15, -0.1) is 0 Å². The van der Waals surface area contributed by atoms with Gasteiger partial charge in [0.25, 0.3) is 0 Å². The average molecular weight is 388 g/mol. The first-order valence-electron chi connectivity index (χ1n) is 9.45. The molecule has 0 atom stereocenters. The maximum absolute atomic E-state index is 12.5. The molecule has 0 radical (unpaired) electrons. The number of esters is 1. The van der Waals surface area contributed by atoms with E-state index in [1.54, 1.807) is 54.7 Å². The summed E-state index contributed by atoms with van der Waals surface area (Å²) in [5, 5.41) is 0. The Morgan fingerprint density at radius 3 is 2.55 bits per heavy atom. The van der Waals surface area contributed by atoms with Crippen molar-refractivity contribution < 1.29 is 19.1 Å². The molecule has 2 aromatic carbocycles. The lowest BCUT2D eigenvalue weighted by molar-refractivity contribution is -0.128. The number of carbonyl (C=O) groups is 2. The standard InChI is InChI=1S/C23H20N2O4/c26-22-8-4-14-25(22)16-17-5-3-6-18(15-17)23(27)29-20-11-9-19(10-12-20)28-21-7-1-2-13-24-21/h1-3,5-7,9-13,15H,4,8,14,16H2. The maximum atomic E-state index is 12.5. The molecule has 146 valence electrons. The average Bonchev–Trinajstić information content (AvgIpc) is 3.15. The molecule has 29 heavy (non-hydrogen) atoms. The zero-order chi connectivity index (χ0) is 20.1. The summed E-state index contributed by atoms with van der Waals surface area (Å²) in [4.78, 5) is 30.2. The highest BCUT2D eigenvalue weighted by atomic mass is 16.5. The molecule has 6 nitrogen and oxygen atoms in total. The highest BCUT2D eigenvalue weighted by Gasteiger charge is 2.20. The van der Waals surface area contributed by atoms with E-state index in [0.29, 0.717) is 35.9 Å². The molecule has 1 fully saturated rings. The predicted molar refractivity (Wildman–Crippen MR) is 107 cm³/mol. The fourth-order valence-corrected chi connectivity index (χ4v) is 3.16. The zero-order valence-corrected chi connectivity index (χ0v) is 15.8. The van der Waals surface area contributed by atoms with Gasteiger partial charge in [-0.25, -0.2) is 9.78 Å². The molecular weight excluding hydrogens is 368 g/mol. The number of aromatic nitrogens is 1. The van der Waals surface area contributed by atoms with Crippen molar-refractivity contribution >= 4 is 11.9 Å². The molecule has 0 saturated carbocycles. The molecule has 1 aromatic heterocycles. The van der Waals surface area contributed by atoms with Crippen LogP contribution in [-0.4, -0.2) is 28.3 Å². The third-order valence-electron chi connectivity index (χ3n) is 4.60. The molecular formula is C23H20N2O4. The Morgan fingerprint density at radius 2 is 1.83 bits per heavy atom. The topological polar surface area (TPSA) is 68.7 Å². The zero-order valence-electron chi connectivity index (χ0n) is 15.8. The Hall–Kier alpha value is -3.67. The third kappa shape index (κ3) is 4.79. The number of amides is 1. The fourth-order valence-electron chi connectivity index (χ4n) is 3.16. The summed E-state index contributed by atoms with van der Waals surface area (Å²) in [6.45, 7) is 1.28. The molecule has 0 spiro atoms. The van der Waals surface area contributed by atoms with Gasteiger partial charge < -0.3 is 14.4 Å². The first-order chi connectivity index (χ1) is 14.2. The number of hydrogen-bond acceptors (Lipinski definition) is 5. The van der Waals surface area contributed by atoms with Gasteiger partial charge in [-0.2, -0.15) is 0 Å². The maximum Gasteiger partial charge on any atom is 0.343 e. The predicted octanol–water partition coefficient (Wildman–Crippen LogP) is 4.22. The van der Waals surface area contributed by atoms with Crippen LogP contribution >= 0.6 is 0 Å². The second kappa shape index (κ2) is 8.56. The summed E-state index contributed by atoms with van der Waals surface area (Å²) in [5.74, 6) is 1.22. The van der Waals surface area contributed by atoms with Gasteiger partial charge in [0, 0.05) is 31.8 Å². The van der Waals surface area contributed by atoms with Gasteiger partial charge in [-0.05, 0) is 54.4 Å². The van der Waals surface area contributed by atoms with Gasteiger partial charge in [-0.1, -0.05) is 18.2 Å². The van der Waals surface area contributed by atoms with E-state index in [-0.39, 0.29) is 5.91 Å². The SMILES string of the molecule is O=C(Oc1ccc(Oc2ccccn2)cc1)c1cccc(CN2CCCC2=O)c1. The Morgan fingerprint density at radius 1 is 1.00 bits per heavy atom. The molecule has 4 rings (SSSR count). The van der Waals surface area contributed by atoms with E-state index in [4.69, 9.17) is 9.47 Å². The van der Waals surface area contributed by atoms with Gasteiger partial charge in [0.05, 0.1) is 5.56 Å². The highest BCUT2D eigenvalue weighted by molar-refractivity contribution is 5.91. The van der Waals surface area contributed by atoms with Crippen molar-refractivity contribution in [2.75, 3.05) is 6.54 Å². The summed E-state index contributed by atoms with van der Waals surface area (Å²) in [6.07, 6.45) is 3.14. The van der Waals surface area contributed by atoms with Crippen molar-refractivity contribution in [2.45, 2.75) is 19.4 Å². The number of pyridine rings is 1. The molecule has 1 aliphatic rings. The largest absolute Gasteiger partial charge is 0.439 e. The van der Waals surface area contributed by atoms with E-state index < -0.39 is 5.97 Å². The first-order valence-corrected chi connectivity index (χ1v) is 9.45. The van der Waals surface area contributed by atoms with Crippen molar-refractivity contribution in [1.29, 1.82) is 0 Å². The monoisotopic (exact) mass is 388 g/mol. The molecule has 6 heteroatoms. The fraction of sp³-hybridized carbons (Fsp3) is 0.174. The minimum Gasteiger partial charge on any atom is -0.439 e. The van der Waals surface area contributed by atoms with Gasteiger partial charge in [0.1, 0.15) is 11.5 Å². The first kappa shape index (κ1) is 18.7. The van der Waals surface area contributed by atoms with Crippen LogP contribution in [0.3, 0.4) is 0 Å². The van der Waals surface area contributed by atoms with E-state index in [1.807, 2.05) is 23.1 Å². The molecule has 2 heterocycles.